The Labute approximate surface area is 161 Å². The van der Waals surface area contributed by atoms with Crippen molar-refractivity contribution in [2.75, 3.05) is 0 Å². The standard InChI is InChI=1S/C25H22OSi/c26-20-21-16-18-25(19-17-21)27(22-10-4-1-5-11-22,23-12-6-2-7-13-23)24-14-8-3-9-15-24/h1-19,26H,20H2. The molecule has 0 radical (unpaired) electrons. The lowest BCUT2D eigenvalue weighted by Crippen LogP contribution is -2.74. The first-order chi connectivity index (χ1) is 13.4. The van der Waals surface area contributed by atoms with Gasteiger partial charge < -0.3 is 5.11 Å². The summed E-state index contributed by atoms with van der Waals surface area (Å²) < 4.78 is 0. The van der Waals surface area contributed by atoms with Crippen molar-refractivity contribution >= 4 is 28.8 Å². The van der Waals surface area contributed by atoms with Crippen LogP contribution in [0.1, 0.15) is 5.56 Å². The van der Waals surface area contributed by atoms with E-state index in [1.54, 1.807) is 0 Å². The molecule has 27 heavy (non-hydrogen) atoms. The van der Waals surface area contributed by atoms with Crippen molar-refractivity contribution in [3.8, 4) is 0 Å². The number of rotatable bonds is 5. The monoisotopic (exact) mass is 366 g/mol. The molecule has 4 aromatic carbocycles. The highest BCUT2D eigenvalue weighted by Gasteiger charge is 2.41. The Morgan fingerprint density at radius 1 is 0.444 bits per heavy atom. The summed E-state index contributed by atoms with van der Waals surface area (Å²) in [6.45, 7) is 0.0663. The molecule has 1 N–H and O–H groups in total. The van der Waals surface area contributed by atoms with Crippen LogP contribution in [-0.4, -0.2) is 13.2 Å². The van der Waals surface area contributed by atoms with Crippen molar-refractivity contribution in [1.29, 1.82) is 0 Å². The highest BCUT2D eigenvalue weighted by molar-refractivity contribution is 7.19. The summed E-state index contributed by atoms with van der Waals surface area (Å²) >= 11 is 0. The molecule has 132 valence electrons. The molecule has 0 atom stereocenters. The van der Waals surface area contributed by atoms with Crippen LogP contribution >= 0.6 is 0 Å². The second-order valence-corrected chi connectivity index (χ2v) is 10.5. The summed E-state index contributed by atoms with van der Waals surface area (Å²) in [4.78, 5) is 0. The average Bonchev–Trinajstić information content (AvgIpc) is 2.77. The zero-order valence-electron chi connectivity index (χ0n) is 15.1. The van der Waals surface area contributed by atoms with Gasteiger partial charge in [0.15, 0.2) is 8.07 Å². The van der Waals surface area contributed by atoms with E-state index in [2.05, 4.69) is 103 Å². The third-order valence-electron chi connectivity index (χ3n) is 5.19. The van der Waals surface area contributed by atoms with Crippen LogP contribution in [0.4, 0.5) is 0 Å². The van der Waals surface area contributed by atoms with Crippen molar-refractivity contribution < 1.29 is 5.11 Å². The van der Waals surface area contributed by atoms with E-state index < -0.39 is 8.07 Å². The summed E-state index contributed by atoms with van der Waals surface area (Å²) in [7, 11) is -2.42. The Kier molecular flexibility index (Phi) is 5.01. The highest BCUT2D eigenvalue weighted by atomic mass is 28.3. The second kappa shape index (κ2) is 7.75. The van der Waals surface area contributed by atoms with E-state index in [-0.39, 0.29) is 6.61 Å². The molecule has 0 fully saturated rings. The number of hydrogen-bond acceptors (Lipinski definition) is 1. The van der Waals surface area contributed by atoms with Crippen LogP contribution in [0.2, 0.25) is 0 Å². The maximum atomic E-state index is 9.49. The fourth-order valence-electron chi connectivity index (χ4n) is 3.92. The van der Waals surface area contributed by atoms with Crippen molar-refractivity contribution in [1.82, 2.24) is 0 Å². The quantitative estimate of drug-likeness (QED) is 0.425. The van der Waals surface area contributed by atoms with Crippen molar-refractivity contribution in [2.24, 2.45) is 0 Å². The van der Waals surface area contributed by atoms with Crippen LogP contribution in [0.3, 0.4) is 0 Å². The maximum Gasteiger partial charge on any atom is 0.179 e. The van der Waals surface area contributed by atoms with Gasteiger partial charge in [0.25, 0.3) is 0 Å². The van der Waals surface area contributed by atoms with E-state index >= 15 is 0 Å². The number of benzene rings is 4. The van der Waals surface area contributed by atoms with E-state index in [1.807, 2.05) is 12.1 Å². The van der Waals surface area contributed by atoms with Gasteiger partial charge in [-0.3, -0.25) is 0 Å². The van der Waals surface area contributed by atoms with Gasteiger partial charge >= 0.3 is 0 Å². The molecule has 4 rings (SSSR count). The molecule has 0 unspecified atom stereocenters. The molecule has 0 saturated heterocycles. The predicted molar refractivity (Wildman–Crippen MR) is 116 cm³/mol. The van der Waals surface area contributed by atoms with Gasteiger partial charge in [0.05, 0.1) is 6.61 Å². The molecular formula is C25H22OSi. The normalized spacial score (nSPS) is 11.3. The Morgan fingerprint density at radius 2 is 0.778 bits per heavy atom. The van der Waals surface area contributed by atoms with E-state index in [0.717, 1.165) is 5.56 Å². The first-order valence-corrected chi connectivity index (χ1v) is 11.2. The molecule has 1 nitrogen and oxygen atoms in total. The smallest absolute Gasteiger partial charge is 0.179 e. The second-order valence-electron chi connectivity index (χ2n) is 6.70. The lowest BCUT2D eigenvalue weighted by Gasteiger charge is -2.34. The Morgan fingerprint density at radius 3 is 1.11 bits per heavy atom. The minimum Gasteiger partial charge on any atom is -0.392 e. The van der Waals surface area contributed by atoms with Crippen LogP contribution in [-0.2, 0) is 6.61 Å². The van der Waals surface area contributed by atoms with Crippen LogP contribution < -0.4 is 20.7 Å². The van der Waals surface area contributed by atoms with Crippen LogP contribution in [0.15, 0.2) is 115 Å². The zero-order valence-corrected chi connectivity index (χ0v) is 16.1. The van der Waals surface area contributed by atoms with Crippen LogP contribution in [0, 0.1) is 0 Å². The average molecular weight is 367 g/mol. The maximum absolute atomic E-state index is 9.49. The number of hydrogen-bond donors (Lipinski definition) is 1. The van der Waals surface area contributed by atoms with Crippen LogP contribution in [0.5, 0.6) is 0 Å². The van der Waals surface area contributed by atoms with Gasteiger partial charge in [0.2, 0.25) is 0 Å². The Bertz CT molecular complexity index is 884. The molecule has 2 heteroatoms. The third-order valence-corrected chi connectivity index (χ3v) is 9.99. The lowest BCUT2D eigenvalue weighted by atomic mass is 10.2. The first kappa shape index (κ1) is 17.5. The molecule has 0 aromatic heterocycles. The molecule has 4 aromatic rings. The fraction of sp³-hybridized carbons (Fsp3) is 0.0400. The van der Waals surface area contributed by atoms with E-state index in [0.29, 0.717) is 0 Å². The molecule has 0 saturated carbocycles. The predicted octanol–water partition coefficient (Wildman–Crippen LogP) is 2.56. The summed E-state index contributed by atoms with van der Waals surface area (Å²) in [5, 5.41) is 14.9. The molecule has 0 aliphatic heterocycles. The summed E-state index contributed by atoms with van der Waals surface area (Å²) in [5.41, 5.74) is 0.941. The largest absolute Gasteiger partial charge is 0.392 e. The van der Waals surface area contributed by atoms with Crippen molar-refractivity contribution in [2.45, 2.75) is 6.61 Å². The van der Waals surface area contributed by atoms with Gasteiger partial charge in [0.1, 0.15) is 0 Å². The van der Waals surface area contributed by atoms with E-state index in [9.17, 15) is 5.11 Å². The zero-order chi connectivity index (χ0) is 18.5. The Hall–Kier alpha value is -2.94. The van der Waals surface area contributed by atoms with E-state index in [1.165, 1.54) is 20.7 Å². The fourth-order valence-corrected chi connectivity index (χ4v) is 8.67. The van der Waals surface area contributed by atoms with Gasteiger partial charge in [-0.25, -0.2) is 0 Å². The highest BCUT2D eigenvalue weighted by Crippen LogP contribution is 2.10. The minimum atomic E-state index is -2.42. The minimum absolute atomic E-state index is 0.0663. The third kappa shape index (κ3) is 3.14. The summed E-state index contributed by atoms with van der Waals surface area (Å²) in [6, 6.07) is 41.0. The van der Waals surface area contributed by atoms with Gasteiger partial charge in [-0.2, -0.15) is 0 Å². The van der Waals surface area contributed by atoms with Crippen molar-refractivity contribution in [3.05, 3.63) is 121 Å². The molecule has 0 heterocycles. The molecule has 0 bridgehead atoms. The van der Waals surface area contributed by atoms with Crippen LogP contribution in [0.25, 0.3) is 0 Å². The van der Waals surface area contributed by atoms with Crippen molar-refractivity contribution in [3.63, 3.8) is 0 Å². The number of aliphatic hydroxyl groups is 1. The van der Waals surface area contributed by atoms with Gasteiger partial charge in [-0.1, -0.05) is 115 Å². The SMILES string of the molecule is OCc1ccc([Si](c2ccccc2)(c2ccccc2)c2ccccc2)cc1. The summed E-state index contributed by atoms with van der Waals surface area (Å²) in [5.74, 6) is 0. The first-order valence-electron chi connectivity index (χ1n) is 9.22. The molecular weight excluding hydrogens is 344 g/mol. The lowest BCUT2D eigenvalue weighted by molar-refractivity contribution is 0.282. The van der Waals surface area contributed by atoms with Gasteiger partial charge in [-0.15, -0.1) is 0 Å². The Balaban J connectivity index is 2.09. The number of aliphatic hydroxyl groups excluding tert-OH is 1. The van der Waals surface area contributed by atoms with Gasteiger partial charge in [0, 0.05) is 0 Å². The van der Waals surface area contributed by atoms with Gasteiger partial charge in [-0.05, 0) is 26.3 Å². The van der Waals surface area contributed by atoms with E-state index in [4.69, 9.17) is 0 Å². The molecule has 0 aliphatic carbocycles. The molecule has 0 amide bonds. The summed E-state index contributed by atoms with van der Waals surface area (Å²) in [6.07, 6.45) is 0. The molecule has 0 aliphatic rings. The topological polar surface area (TPSA) is 20.2 Å². The molecule has 0 spiro atoms.